The smallest absolute Gasteiger partial charge is 1.00 e. The Morgan fingerprint density at radius 1 is 0.500 bits per heavy atom. The summed E-state index contributed by atoms with van der Waals surface area (Å²) in [7, 11) is 0. The minimum absolute atomic E-state index is 0. The zero-order valence-corrected chi connectivity index (χ0v) is 11.7. The molecule has 6 heavy (non-hydrogen) atoms. The van der Waals surface area contributed by atoms with Gasteiger partial charge in [0.15, 0.2) is 0 Å². The summed E-state index contributed by atoms with van der Waals surface area (Å²) in [6.07, 6.45) is 0. The van der Waals surface area contributed by atoms with Gasteiger partial charge < -0.3 is 30.3 Å². The summed E-state index contributed by atoms with van der Waals surface area (Å²) in [6.45, 7) is 0. The Morgan fingerprint density at radius 2 is 0.500 bits per heavy atom. The molecule has 6 heteroatoms. The van der Waals surface area contributed by atoms with E-state index < -0.39 is 0 Å². The molecule has 0 amide bonds. The third kappa shape index (κ3) is 25.7. The maximum atomic E-state index is 0. The molecule has 0 fully saturated rings. The fourth-order valence-corrected chi connectivity index (χ4v) is 0. The molecule has 0 aliphatic rings. The molecule has 0 saturated heterocycles. The van der Waals surface area contributed by atoms with Gasteiger partial charge >= 0.3 is 88.7 Å². The van der Waals surface area contributed by atoms with Crippen LogP contribution >= 0.6 is 0 Å². The summed E-state index contributed by atoms with van der Waals surface area (Å²) in [6, 6.07) is 0. The first-order chi connectivity index (χ1) is 0. The molecule has 24 valence electrons. The molecule has 0 bridgehead atoms. The average molecular weight is 157 g/mol. The van der Waals surface area contributed by atoms with Gasteiger partial charge in [-0.2, -0.15) is 0 Å². The summed E-state index contributed by atoms with van der Waals surface area (Å²) in [5, 5.41) is 0. The van der Waals surface area contributed by atoms with Gasteiger partial charge in [0.05, 0.1) is 0 Å². The van der Waals surface area contributed by atoms with Gasteiger partial charge in [-0.05, 0) is 0 Å². The largest absolute Gasteiger partial charge is 1.00 e. The summed E-state index contributed by atoms with van der Waals surface area (Å²) >= 11 is 0. The molecule has 1 N–H and O–H groups in total. The monoisotopic (exact) mass is 156 g/mol. The molecule has 0 aromatic heterocycles. The molecular formula is HCl2Na3O. The van der Waals surface area contributed by atoms with E-state index in [2.05, 4.69) is 0 Å². The standard InChI is InChI=1S/2ClH.3Na.H2O/h2*1H;;;;1H2/q;;3*+1;/p-3. The van der Waals surface area contributed by atoms with Crippen molar-refractivity contribution in [3.63, 3.8) is 0 Å². The zero-order valence-electron chi connectivity index (χ0n) is 4.20. The summed E-state index contributed by atoms with van der Waals surface area (Å²) in [5.41, 5.74) is 0. The van der Waals surface area contributed by atoms with Crippen molar-refractivity contribution in [3.05, 3.63) is 0 Å². The first-order valence-corrected chi connectivity index (χ1v) is 0. The van der Waals surface area contributed by atoms with Crippen LogP contribution in [0, 0.1) is 0 Å². The third-order valence-electron chi connectivity index (χ3n) is 0. The number of hydrogen-bond acceptors (Lipinski definition) is 1. The predicted octanol–water partition coefficient (Wildman–Crippen LogP) is -15.2. The van der Waals surface area contributed by atoms with Crippen LogP contribution in [0.25, 0.3) is 0 Å². The van der Waals surface area contributed by atoms with Gasteiger partial charge in [-0.3, -0.25) is 0 Å². The second-order valence-electron chi connectivity index (χ2n) is 0. The summed E-state index contributed by atoms with van der Waals surface area (Å²) in [4.78, 5) is 0. The van der Waals surface area contributed by atoms with E-state index in [0.717, 1.165) is 0 Å². The van der Waals surface area contributed by atoms with E-state index in [9.17, 15) is 0 Å². The molecule has 0 rings (SSSR count). The molecule has 0 aromatic rings. The van der Waals surface area contributed by atoms with Crippen molar-refractivity contribution in [2.45, 2.75) is 0 Å². The van der Waals surface area contributed by atoms with E-state index >= 15 is 0 Å². The number of rotatable bonds is 0. The van der Waals surface area contributed by atoms with Crippen LogP contribution in [-0.2, 0) is 0 Å². The second-order valence-corrected chi connectivity index (χ2v) is 0. The van der Waals surface area contributed by atoms with Crippen LogP contribution in [0.3, 0.4) is 0 Å². The van der Waals surface area contributed by atoms with Crippen molar-refractivity contribution in [2.24, 2.45) is 0 Å². The van der Waals surface area contributed by atoms with Gasteiger partial charge in [-0.1, -0.05) is 0 Å². The second kappa shape index (κ2) is 38.7. The Morgan fingerprint density at radius 3 is 0.500 bits per heavy atom. The Hall–Kier alpha value is 3.54. The van der Waals surface area contributed by atoms with Crippen LogP contribution in [0.2, 0.25) is 0 Å². The minimum Gasteiger partial charge on any atom is -1.00 e. The van der Waals surface area contributed by atoms with E-state index in [4.69, 9.17) is 0 Å². The van der Waals surface area contributed by atoms with Gasteiger partial charge in [-0.15, -0.1) is 0 Å². The topological polar surface area (TPSA) is 30.0 Å². The van der Waals surface area contributed by atoms with E-state index in [-0.39, 0.29) is 119 Å². The first kappa shape index (κ1) is 55.5. The van der Waals surface area contributed by atoms with Gasteiger partial charge in [0.2, 0.25) is 0 Å². The molecule has 0 heterocycles. The molecule has 0 saturated carbocycles. The van der Waals surface area contributed by atoms with Gasteiger partial charge in [0, 0.05) is 0 Å². The molecule has 0 atom stereocenters. The number of hydrogen-bond donors (Lipinski definition) is 0. The Labute approximate surface area is 116 Å². The SMILES string of the molecule is [Cl-].[Cl-].[Na+].[Na+].[Na+].[OH-]. The summed E-state index contributed by atoms with van der Waals surface area (Å²) < 4.78 is 0. The van der Waals surface area contributed by atoms with Crippen LogP contribution < -0.4 is 113 Å². The predicted molar refractivity (Wildman–Crippen MR) is 1.94 cm³/mol. The van der Waals surface area contributed by atoms with Gasteiger partial charge in [0.25, 0.3) is 0 Å². The zero-order chi connectivity index (χ0) is 0. The van der Waals surface area contributed by atoms with E-state index in [1.54, 1.807) is 0 Å². The fraction of sp³-hybridized carbons (Fsp3) is 0. The number of halogens is 2. The van der Waals surface area contributed by atoms with Crippen LogP contribution in [0.5, 0.6) is 0 Å². The van der Waals surface area contributed by atoms with Crippen molar-refractivity contribution in [2.75, 3.05) is 0 Å². The quantitative estimate of drug-likeness (QED) is 0.321. The molecule has 0 aromatic carbocycles. The van der Waals surface area contributed by atoms with E-state index in [1.807, 2.05) is 0 Å². The molecular weight excluding hydrogens is 156 g/mol. The van der Waals surface area contributed by atoms with Gasteiger partial charge in [-0.25, -0.2) is 0 Å². The maximum absolute atomic E-state index is 0. The molecule has 0 spiro atoms. The minimum atomic E-state index is 0. The molecule has 0 aliphatic heterocycles. The van der Waals surface area contributed by atoms with Crippen molar-refractivity contribution in [3.8, 4) is 0 Å². The Kier molecular flexibility index (Phi) is 359. The van der Waals surface area contributed by atoms with Crippen molar-refractivity contribution in [1.82, 2.24) is 0 Å². The third-order valence-corrected chi connectivity index (χ3v) is 0. The molecule has 0 aliphatic carbocycles. The summed E-state index contributed by atoms with van der Waals surface area (Å²) in [5.74, 6) is 0. The van der Waals surface area contributed by atoms with E-state index in [1.165, 1.54) is 0 Å². The molecule has 0 radical (unpaired) electrons. The van der Waals surface area contributed by atoms with Crippen LogP contribution in [0.1, 0.15) is 0 Å². The van der Waals surface area contributed by atoms with Crippen molar-refractivity contribution >= 4 is 0 Å². The maximum Gasteiger partial charge on any atom is 1.00 e. The van der Waals surface area contributed by atoms with Crippen LogP contribution in [0.15, 0.2) is 0 Å². The normalized spacial score (nSPS) is 0. The molecule has 0 unspecified atom stereocenters. The fourth-order valence-electron chi connectivity index (χ4n) is 0. The molecule has 1 nitrogen and oxygen atoms in total. The average Bonchev–Trinajstić information content (AvgIpc) is 0. The van der Waals surface area contributed by atoms with E-state index in [0.29, 0.717) is 0 Å². The Balaban J connectivity index is 0. The van der Waals surface area contributed by atoms with Crippen molar-refractivity contribution in [1.29, 1.82) is 0 Å². The first-order valence-electron chi connectivity index (χ1n) is 0. The van der Waals surface area contributed by atoms with Crippen molar-refractivity contribution < 1.29 is 119 Å². The van der Waals surface area contributed by atoms with Crippen LogP contribution in [0.4, 0.5) is 0 Å². The van der Waals surface area contributed by atoms with Gasteiger partial charge in [0.1, 0.15) is 0 Å². The Bertz CT molecular complexity index is 8.75. The van der Waals surface area contributed by atoms with Crippen LogP contribution in [-0.4, -0.2) is 5.48 Å².